The van der Waals surface area contributed by atoms with Gasteiger partial charge in [-0.05, 0) is 42.5 Å². The Labute approximate surface area is 161 Å². The van der Waals surface area contributed by atoms with Gasteiger partial charge in [-0.1, -0.05) is 35.9 Å². The van der Waals surface area contributed by atoms with E-state index in [1.54, 1.807) is 36.4 Å². The number of imidazole rings is 1. The molecule has 0 spiro atoms. The fourth-order valence-corrected chi connectivity index (χ4v) is 3.10. The van der Waals surface area contributed by atoms with E-state index in [-0.39, 0.29) is 5.91 Å². The number of anilines is 1. The van der Waals surface area contributed by atoms with Crippen LogP contribution in [0.3, 0.4) is 0 Å². The SMILES string of the molecule is COc1ccccc1C(=O)Nc1ccc(Cl)cc1-c1nc2ccccc2[nH]1. The largest absolute Gasteiger partial charge is 0.496 e. The molecule has 0 aliphatic rings. The Hall–Kier alpha value is -3.31. The second-order valence-corrected chi connectivity index (χ2v) is 6.38. The van der Waals surface area contributed by atoms with Crippen molar-refractivity contribution in [2.24, 2.45) is 0 Å². The fraction of sp³-hybridized carbons (Fsp3) is 0.0476. The van der Waals surface area contributed by atoms with E-state index in [2.05, 4.69) is 15.3 Å². The fourth-order valence-electron chi connectivity index (χ4n) is 2.92. The number of amides is 1. The molecule has 4 aromatic rings. The number of nitrogens with one attached hydrogen (secondary N) is 2. The van der Waals surface area contributed by atoms with Gasteiger partial charge >= 0.3 is 0 Å². The lowest BCUT2D eigenvalue weighted by atomic mass is 10.1. The standard InChI is InChI=1S/C21H16ClN3O2/c1-27-19-9-5-2-6-14(19)21(26)25-16-11-10-13(22)12-15(16)20-23-17-7-3-4-8-18(17)24-20/h2-12H,1H3,(H,23,24)(H,25,26). The number of fused-ring (bicyclic) bond motifs is 1. The summed E-state index contributed by atoms with van der Waals surface area (Å²) >= 11 is 6.19. The minimum atomic E-state index is -0.271. The van der Waals surface area contributed by atoms with E-state index >= 15 is 0 Å². The number of benzene rings is 3. The smallest absolute Gasteiger partial charge is 0.259 e. The molecule has 0 aliphatic carbocycles. The van der Waals surface area contributed by atoms with Crippen molar-refractivity contribution in [2.45, 2.75) is 0 Å². The summed E-state index contributed by atoms with van der Waals surface area (Å²) in [6, 6.07) is 20.1. The first-order valence-electron chi connectivity index (χ1n) is 8.35. The van der Waals surface area contributed by atoms with Crippen LogP contribution in [0.4, 0.5) is 5.69 Å². The van der Waals surface area contributed by atoms with Crippen LogP contribution in [0.25, 0.3) is 22.4 Å². The van der Waals surface area contributed by atoms with Gasteiger partial charge in [0.05, 0.1) is 29.4 Å². The molecule has 6 heteroatoms. The summed E-state index contributed by atoms with van der Waals surface area (Å²) in [4.78, 5) is 20.7. The average molecular weight is 378 g/mol. The van der Waals surface area contributed by atoms with Crippen molar-refractivity contribution >= 4 is 34.2 Å². The number of ether oxygens (including phenoxy) is 1. The third-order valence-corrected chi connectivity index (χ3v) is 4.46. The number of rotatable bonds is 4. The van der Waals surface area contributed by atoms with E-state index in [1.165, 1.54) is 7.11 Å². The van der Waals surface area contributed by atoms with Crippen LogP contribution < -0.4 is 10.1 Å². The van der Waals surface area contributed by atoms with Gasteiger partial charge in [0, 0.05) is 10.6 Å². The van der Waals surface area contributed by atoms with E-state index in [0.29, 0.717) is 33.4 Å². The minimum absolute atomic E-state index is 0.271. The first kappa shape index (κ1) is 17.1. The Balaban J connectivity index is 1.74. The molecule has 0 bridgehead atoms. The van der Waals surface area contributed by atoms with Crippen LogP contribution >= 0.6 is 11.6 Å². The highest BCUT2D eigenvalue weighted by Gasteiger charge is 2.16. The summed E-state index contributed by atoms with van der Waals surface area (Å²) in [5.74, 6) is 0.871. The molecule has 0 atom stereocenters. The highest BCUT2D eigenvalue weighted by Crippen LogP contribution is 2.31. The summed E-state index contributed by atoms with van der Waals surface area (Å²) in [6.07, 6.45) is 0. The van der Waals surface area contributed by atoms with Crippen LogP contribution in [0.1, 0.15) is 10.4 Å². The normalized spacial score (nSPS) is 10.7. The molecule has 0 fully saturated rings. The van der Waals surface area contributed by atoms with Crippen LogP contribution in [-0.2, 0) is 0 Å². The topological polar surface area (TPSA) is 67.0 Å². The van der Waals surface area contributed by atoms with Gasteiger partial charge in [0.25, 0.3) is 5.91 Å². The summed E-state index contributed by atoms with van der Waals surface area (Å²) < 4.78 is 5.28. The Morgan fingerprint density at radius 2 is 1.85 bits per heavy atom. The van der Waals surface area contributed by atoms with Crippen LogP contribution in [0.2, 0.25) is 5.02 Å². The van der Waals surface area contributed by atoms with Gasteiger partial charge in [-0.25, -0.2) is 4.98 Å². The lowest BCUT2D eigenvalue weighted by Crippen LogP contribution is -2.14. The van der Waals surface area contributed by atoms with Crippen molar-refractivity contribution in [3.63, 3.8) is 0 Å². The third-order valence-electron chi connectivity index (χ3n) is 4.23. The number of hydrogen-bond donors (Lipinski definition) is 2. The number of aromatic nitrogens is 2. The Kier molecular flexibility index (Phi) is 4.52. The molecule has 3 aromatic carbocycles. The van der Waals surface area contributed by atoms with Gasteiger partial charge in [0.15, 0.2) is 0 Å². The maximum absolute atomic E-state index is 12.8. The molecule has 2 N–H and O–H groups in total. The number of carbonyl (C=O) groups excluding carboxylic acids is 1. The Morgan fingerprint density at radius 1 is 1.07 bits per heavy atom. The molecular weight excluding hydrogens is 362 g/mol. The van der Waals surface area contributed by atoms with Crippen LogP contribution in [0.5, 0.6) is 5.75 Å². The van der Waals surface area contributed by atoms with Gasteiger partial charge in [0.2, 0.25) is 0 Å². The number of halogens is 1. The minimum Gasteiger partial charge on any atom is -0.496 e. The average Bonchev–Trinajstić information content (AvgIpc) is 3.13. The molecule has 0 aliphatic heterocycles. The van der Waals surface area contributed by atoms with Gasteiger partial charge in [-0.15, -0.1) is 0 Å². The molecule has 4 rings (SSSR count). The van der Waals surface area contributed by atoms with E-state index in [9.17, 15) is 4.79 Å². The maximum atomic E-state index is 12.8. The lowest BCUT2D eigenvalue weighted by molar-refractivity contribution is 0.102. The van der Waals surface area contributed by atoms with Crippen LogP contribution in [0.15, 0.2) is 66.7 Å². The molecule has 27 heavy (non-hydrogen) atoms. The number of H-pyrrole nitrogens is 1. The highest BCUT2D eigenvalue weighted by molar-refractivity contribution is 6.31. The molecule has 1 amide bonds. The Bertz CT molecular complexity index is 1100. The molecule has 1 heterocycles. The lowest BCUT2D eigenvalue weighted by Gasteiger charge is -2.12. The third kappa shape index (κ3) is 3.37. The Morgan fingerprint density at radius 3 is 2.67 bits per heavy atom. The molecule has 0 unspecified atom stereocenters. The molecule has 0 radical (unpaired) electrons. The van der Waals surface area contributed by atoms with E-state index in [1.807, 2.05) is 30.3 Å². The number of carbonyl (C=O) groups is 1. The zero-order valence-electron chi connectivity index (χ0n) is 14.5. The molecule has 5 nitrogen and oxygen atoms in total. The molecular formula is C21H16ClN3O2. The summed E-state index contributed by atoms with van der Waals surface area (Å²) in [5.41, 5.74) is 3.52. The molecule has 0 saturated heterocycles. The molecule has 134 valence electrons. The summed E-state index contributed by atoms with van der Waals surface area (Å²) in [5, 5.41) is 3.49. The molecule has 1 aromatic heterocycles. The van der Waals surface area contributed by atoms with Crippen molar-refractivity contribution in [2.75, 3.05) is 12.4 Å². The first-order valence-corrected chi connectivity index (χ1v) is 8.72. The monoisotopic (exact) mass is 377 g/mol. The number of para-hydroxylation sites is 3. The second kappa shape index (κ2) is 7.13. The van der Waals surface area contributed by atoms with Crippen LogP contribution in [0, 0.1) is 0 Å². The highest BCUT2D eigenvalue weighted by atomic mass is 35.5. The van der Waals surface area contributed by atoms with Crippen molar-refractivity contribution in [3.8, 4) is 17.1 Å². The van der Waals surface area contributed by atoms with Gasteiger partial charge in [-0.2, -0.15) is 0 Å². The number of methoxy groups -OCH3 is 1. The maximum Gasteiger partial charge on any atom is 0.259 e. The zero-order valence-corrected chi connectivity index (χ0v) is 15.2. The number of hydrogen-bond acceptors (Lipinski definition) is 3. The first-order chi connectivity index (χ1) is 13.2. The summed E-state index contributed by atoms with van der Waals surface area (Å²) in [7, 11) is 1.54. The van der Waals surface area contributed by atoms with Gasteiger partial charge < -0.3 is 15.0 Å². The van der Waals surface area contributed by atoms with Gasteiger partial charge in [0.1, 0.15) is 11.6 Å². The predicted octanol–water partition coefficient (Wildman–Crippen LogP) is 5.14. The molecule has 0 saturated carbocycles. The second-order valence-electron chi connectivity index (χ2n) is 5.95. The van der Waals surface area contributed by atoms with Crippen molar-refractivity contribution < 1.29 is 9.53 Å². The summed E-state index contributed by atoms with van der Waals surface area (Å²) in [6.45, 7) is 0. The predicted molar refractivity (Wildman–Crippen MR) is 107 cm³/mol. The van der Waals surface area contributed by atoms with Crippen molar-refractivity contribution in [3.05, 3.63) is 77.3 Å². The van der Waals surface area contributed by atoms with Crippen molar-refractivity contribution in [1.82, 2.24) is 9.97 Å². The van der Waals surface area contributed by atoms with Gasteiger partial charge in [-0.3, -0.25) is 4.79 Å². The zero-order chi connectivity index (χ0) is 18.8. The quantitative estimate of drug-likeness (QED) is 0.517. The van der Waals surface area contributed by atoms with E-state index in [0.717, 1.165) is 11.0 Å². The number of aromatic amines is 1. The van der Waals surface area contributed by atoms with Crippen molar-refractivity contribution in [1.29, 1.82) is 0 Å². The van der Waals surface area contributed by atoms with Crippen LogP contribution in [-0.4, -0.2) is 23.0 Å². The van der Waals surface area contributed by atoms with E-state index in [4.69, 9.17) is 16.3 Å². The van der Waals surface area contributed by atoms with E-state index < -0.39 is 0 Å². The number of nitrogens with zero attached hydrogens (tertiary/aromatic N) is 1.